The Morgan fingerprint density at radius 3 is 3.00 bits per heavy atom. The third-order valence-electron chi connectivity index (χ3n) is 3.84. The van der Waals surface area contributed by atoms with Crippen LogP contribution >= 0.6 is 0 Å². The number of amides is 1. The van der Waals surface area contributed by atoms with E-state index >= 15 is 0 Å². The number of nitrogens with one attached hydrogen (secondary N) is 1. The van der Waals surface area contributed by atoms with Gasteiger partial charge < -0.3 is 9.88 Å². The zero-order valence-corrected chi connectivity index (χ0v) is 11.7. The van der Waals surface area contributed by atoms with E-state index in [4.69, 9.17) is 0 Å². The van der Waals surface area contributed by atoms with Gasteiger partial charge in [0.25, 0.3) is 0 Å². The van der Waals surface area contributed by atoms with Gasteiger partial charge in [0.15, 0.2) is 0 Å². The average Bonchev–Trinajstić information content (AvgIpc) is 3.19. The number of hydrogen-bond acceptors (Lipinski definition) is 4. The predicted molar refractivity (Wildman–Crippen MR) is 76.4 cm³/mol. The van der Waals surface area contributed by atoms with E-state index in [0.29, 0.717) is 19.5 Å². The van der Waals surface area contributed by atoms with Gasteiger partial charge in [-0.05, 0) is 19.1 Å². The van der Waals surface area contributed by atoms with Crippen molar-refractivity contribution in [1.82, 2.24) is 14.9 Å². The summed E-state index contributed by atoms with van der Waals surface area (Å²) in [5, 5.41) is 13.3. The number of carbonyl (C=O) groups is 1. The smallest absolute Gasteiger partial charge is 0.230 e. The molecule has 1 fully saturated rings. The number of fused-ring (bicyclic) bond motifs is 1. The second kappa shape index (κ2) is 5.16. The van der Waals surface area contributed by atoms with Gasteiger partial charge in [0, 0.05) is 24.4 Å². The van der Waals surface area contributed by atoms with Gasteiger partial charge in [0.2, 0.25) is 11.9 Å². The molecule has 2 unspecified atom stereocenters. The maximum Gasteiger partial charge on any atom is 0.230 e. The van der Waals surface area contributed by atoms with Crippen LogP contribution in [0.25, 0.3) is 11.0 Å². The minimum Gasteiger partial charge on any atom is -0.354 e. The lowest BCUT2D eigenvalue weighted by molar-refractivity contribution is -0.497. The van der Waals surface area contributed by atoms with Crippen LogP contribution in [0.5, 0.6) is 0 Å². The van der Waals surface area contributed by atoms with Gasteiger partial charge in [-0.2, -0.15) is 0 Å². The quantitative estimate of drug-likeness (QED) is 0.659. The number of imidazole rings is 1. The van der Waals surface area contributed by atoms with Crippen LogP contribution in [0, 0.1) is 23.0 Å². The van der Waals surface area contributed by atoms with Crippen molar-refractivity contribution in [3.63, 3.8) is 0 Å². The van der Waals surface area contributed by atoms with Crippen LogP contribution in [0.15, 0.2) is 24.3 Å². The number of nitrogens with zero attached hydrogens (tertiary/aromatic N) is 3. The molecule has 1 amide bonds. The number of aryl methyl sites for hydroxylation is 1. The highest BCUT2D eigenvalue weighted by Gasteiger charge is 2.53. The minimum atomic E-state index is -0.694. The Labute approximate surface area is 121 Å². The summed E-state index contributed by atoms with van der Waals surface area (Å²) in [6.07, 6.45) is 0.353. The summed E-state index contributed by atoms with van der Waals surface area (Å²) in [4.78, 5) is 26.4. The van der Waals surface area contributed by atoms with Crippen molar-refractivity contribution >= 4 is 16.9 Å². The van der Waals surface area contributed by atoms with Gasteiger partial charge in [-0.25, -0.2) is 4.98 Å². The molecule has 0 bridgehead atoms. The third-order valence-corrected chi connectivity index (χ3v) is 3.84. The van der Waals surface area contributed by atoms with Crippen molar-refractivity contribution in [2.75, 3.05) is 6.54 Å². The molecule has 1 aliphatic rings. The molecule has 0 aliphatic heterocycles. The Morgan fingerprint density at radius 1 is 1.52 bits per heavy atom. The molecule has 2 aromatic rings. The van der Waals surface area contributed by atoms with Crippen LogP contribution in [-0.4, -0.2) is 33.0 Å². The fraction of sp³-hybridized carbons (Fsp3) is 0.429. The number of benzene rings is 1. The van der Waals surface area contributed by atoms with E-state index < -0.39 is 12.0 Å². The Balaban J connectivity index is 1.59. The highest BCUT2D eigenvalue weighted by Crippen LogP contribution is 2.32. The van der Waals surface area contributed by atoms with Gasteiger partial charge in [-0.1, -0.05) is 12.1 Å². The van der Waals surface area contributed by atoms with E-state index in [1.54, 1.807) is 0 Å². The molecule has 7 heteroatoms. The Kier molecular flexibility index (Phi) is 3.32. The van der Waals surface area contributed by atoms with Gasteiger partial charge >= 0.3 is 0 Å². The second-order valence-corrected chi connectivity index (χ2v) is 5.29. The van der Waals surface area contributed by atoms with Crippen LogP contribution in [0.1, 0.15) is 12.2 Å². The maximum atomic E-state index is 11.8. The molecule has 1 aromatic carbocycles. The van der Waals surface area contributed by atoms with Crippen molar-refractivity contribution in [2.45, 2.75) is 25.9 Å². The van der Waals surface area contributed by atoms with Crippen LogP contribution in [-0.2, 0) is 11.3 Å². The van der Waals surface area contributed by atoms with Crippen molar-refractivity contribution in [3.05, 3.63) is 40.2 Å². The standard InChI is InChI=1S/C14H16N4O3/c1-9-16-11-4-2-3-5-12(11)17(9)7-6-15-14(19)10-8-13(10)18(20)21/h2-5,10,13H,6-8H2,1H3,(H,15,19). The number of aromatic nitrogens is 2. The first kappa shape index (κ1) is 13.5. The van der Waals surface area contributed by atoms with Crippen molar-refractivity contribution in [1.29, 1.82) is 0 Å². The zero-order valence-electron chi connectivity index (χ0n) is 11.7. The van der Waals surface area contributed by atoms with E-state index in [1.165, 1.54) is 0 Å². The number of hydrogen-bond donors (Lipinski definition) is 1. The summed E-state index contributed by atoms with van der Waals surface area (Å²) in [6.45, 7) is 2.97. The first-order chi connectivity index (χ1) is 10.1. The summed E-state index contributed by atoms with van der Waals surface area (Å²) in [5.74, 6) is 0.208. The monoisotopic (exact) mass is 288 g/mol. The largest absolute Gasteiger partial charge is 0.354 e. The van der Waals surface area contributed by atoms with E-state index in [9.17, 15) is 14.9 Å². The molecular weight excluding hydrogens is 272 g/mol. The highest BCUT2D eigenvalue weighted by atomic mass is 16.6. The Hall–Kier alpha value is -2.44. The van der Waals surface area contributed by atoms with Crippen molar-refractivity contribution in [2.24, 2.45) is 5.92 Å². The molecule has 7 nitrogen and oxygen atoms in total. The Bertz CT molecular complexity index is 709. The van der Waals surface area contributed by atoms with E-state index in [1.807, 2.05) is 35.8 Å². The highest BCUT2D eigenvalue weighted by molar-refractivity contribution is 5.82. The second-order valence-electron chi connectivity index (χ2n) is 5.29. The molecule has 1 aromatic heterocycles. The molecule has 1 aliphatic carbocycles. The van der Waals surface area contributed by atoms with Gasteiger partial charge in [-0.3, -0.25) is 14.9 Å². The molecular formula is C14H16N4O3. The number of carbonyl (C=O) groups excluding carboxylic acids is 1. The molecule has 3 rings (SSSR count). The third kappa shape index (κ3) is 2.58. The lowest BCUT2D eigenvalue weighted by atomic mass is 10.3. The van der Waals surface area contributed by atoms with Crippen molar-refractivity contribution in [3.8, 4) is 0 Å². The number of nitro groups is 1. The van der Waals surface area contributed by atoms with Gasteiger partial charge in [0.1, 0.15) is 11.7 Å². The number of rotatable bonds is 5. The van der Waals surface area contributed by atoms with Crippen LogP contribution in [0.3, 0.4) is 0 Å². The van der Waals surface area contributed by atoms with Crippen molar-refractivity contribution < 1.29 is 9.72 Å². The van der Waals surface area contributed by atoms with E-state index in [2.05, 4.69) is 10.3 Å². The zero-order chi connectivity index (χ0) is 15.0. The van der Waals surface area contributed by atoms with Gasteiger partial charge in [0.05, 0.1) is 11.0 Å². The normalized spacial score (nSPS) is 20.4. The lowest BCUT2D eigenvalue weighted by Gasteiger charge is -2.08. The molecule has 110 valence electrons. The molecule has 0 spiro atoms. The number of para-hydroxylation sites is 2. The summed E-state index contributed by atoms with van der Waals surface area (Å²) in [5.41, 5.74) is 1.95. The predicted octanol–water partition coefficient (Wildman–Crippen LogP) is 1.13. The van der Waals surface area contributed by atoms with Crippen LogP contribution in [0.4, 0.5) is 0 Å². The fourth-order valence-electron chi connectivity index (χ4n) is 2.60. The maximum absolute atomic E-state index is 11.8. The molecule has 0 radical (unpaired) electrons. The SMILES string of the molecule is Cc1nc2ccccc2n1CCNC(=O)C1CC1[N+](=O)[O-]. The Morgan fingerprint density at radius 2 is 2.29 bits per heavy atom. The summed E-state index contributed by atoms with van der Waals surface area (Å²) in [7, 11) is 0. The first-order valence-corrected chi connectivity index (χ1v) is 6.91. The van der Waals surface area contributed by atoms with Crippen LogP contribution in [0.2, 0.25) is 0 Å². The summed E-state index contributed by atoms with van der Waals surface area (Å²) < 4.78 is 2.04. The van der Waals surface area contributed by atoms with Crippen LogP contribution < -0.4 is 5.32 Å². The molecule has 1 N–H and O–H groups in total. The summed E-state index contributed by atoms with van der Waals surface area (Å²) in [6, 6.07) is 7.13. The topological polar surface area (TPSA) is 90.1 Å². The molecule has 1 heterocycles. The van der Waals surface area contributed by atoms with E-state index in [0.717, 1.165) is 16.9 Å². The lowest BCUT2D eigenvalue weighted by Crippen LogP contribution is -2.30. The first-order valence-electron chi connectivity index (χ1n) is 6.91. The summed E-state index contributed by atoms with van der Waals surface area (Å²) >= 11 is 0. The fourth-order valence-corrected chi connectivity index (χ4v) is 2.60. The molecule has 1 saturated carbocycles. The molecule has 0 saturated heterocycles. The van der Waals surface area contributed by atoms with Gasteiger partial charge in [-0.15, -0.1) is 0 Å². The van der Waals surface area contributed by atoms with E-state index in [-0.39, 0.29) is 10.8 Å². The molecule has 2 atom stereocenters. The average molecular weight is 288 g/mol. The minimum absolute atomic E-state index is 0.223. The molecule has 21 heavy (non-hydrogen) atoms.